The quantitative estimate of drug-likeness (QED) is 0.292. The Morgan fingerprint density at radius 2 is 1.52 bits per heavy atom. The molecule has 40 heavy (non-hydrogen) atoms. The first-order valence-electron chi connectivity index (χ1n) is 13.1. The van der Waals surface area contributed by atoms with Gasteiger partial charge in [-0.1, -0.05) is 61.9 Å². The number of hydrogen-bond donors (Lipinski definition) is 1. The van der Waals surface area contributed by atoms with E-state index in [9.17, 15) is 18.0 Å². The van der Waals surface area contributed by atoms with Crippen LogP contribution in [0, 0.1) is 0 Å². The second kappa shape index (κ2) is 14.4. The third-order valence-electron chi connectivity index (χ3n) is 6.46. The highest BCUT2D eigenvalue weighted by Gasteiger charge is 2.33. The number of benzene rings is 3. The van der Waals surface area contributed by atoms with Crippen molar-refractivity contribution < 1.29 is 27.5 Å². The molecule has 0 heterocycles. The number of ether oxygens (including phenoxy) is 2. The molecule has 0 radical (unpaired) electrons. The second-order valence-corrected chi connectivity index (χ2v) is 11.1. The van der Waals surface area contributed by atoms with Crippen LogP contribution in [-0.2, 0) is 26.2 Å². The molecule has 0 spiro atoms. The highest BCUT2D eigenvalue weighted by Crippen LogP contribution is 2.32. The maximum atomic E-state index is 14.0. The zero-order valence-electron chi connectivity index (χ0n) is 23.4. The van der Waals surface area contributed by atoms with Crippen molar-refractivity contribution in [3.63, 3.8) is 0 Å². The summed E-state index contributed by atoms with van der Waals surface area (Å²) in [6.07, 6.45) is 1.73. The molecule has 0 aliphatic carbocycles. The molecule has 1 N–H and O–H groups in total. The van der Waals surface area contributed by atoms with Gasteiger partial charge in [0.1, 0.15) is 12.6 Å². The Bertz CT molecular complexity index is 1370. The minimum absolute atomic E-state index is 0.0678. The van der Waals surface area contributed by atoms with Crippen LogP contribution in [0.1, 0.15) is 32.3 Å². The van der Waals surface area contributed by atoms with Gasteiger partial charge in [-0.25, -0.2) is 8.42 Å². The minimum atomic E-state index is -4.23. The van der Waals surface area contributed by atoms with Gasteiger partial charge in [-0.15, -0.1) is 0 Å². The molecule has 1 atom stereocenters. The summed E-state index contributed by atoms with van der Waals surface area (Å²) in [7, 11) is -1.35. The number of methoxy groups -OCH3 is 2. The van der Waals surface area contributed by atoms with Gasteiger partial charge >= 0.3 is 0 Å². The summed E-state index contributed by atoms with van der Waals surface area (Å²) in [4.78, 5) is 28.2. The number of sulfonamides is 1. The van der Waals surface area contributed by atoms with E-state index in [0.717, 1.165) is 22.7 Å². The van der Waals surface area contributed by atoms with Crippen molar-refractivity contribution in [2.45, 2.75) is 44.2 Å². The maximum absolute atomic E-state index is 14.0. The summed E-state index contributed by atoms with van der Waals surface area (Å²) in [6, 6.07) is 21.1. The molecule has 9 nitrogen and oxygen atoms in total. The summed E-state index contributed by atoms with van der Waals surface area (Å²) in [5.41, 5.74) is 1.13. The average Bonchev–Trinajstić information content (AvgIpc) is 2.98. The number of carbonyl (C=O) groups excluding carboxylic acids is 2. The van der Waals surface area contributed by atoms with Gasteiger partial charge in [0.15, 0.2) is 11.5 Å². The van der Waals surface area contributed by atoms with Crippen molar-refractivity contribution in [2.24, 2.45) is 0 Å². The van der Waals surface area contributed by atoms with E-state index >= 15 is 0 Å². The number of nitrogens with one attached hydrogen (secondary N) is 1. The summed E-state index contributed by atoms with van der Waals surface area (Å²) < 4.78 is 39.6. The van der Waals surface area contributed by atoms with Gasteiger partial charge < -0.3 is 19.7 Å². The number of nitrogens with zero attached hydrogens (tertiary/aromatic N) is 2. The monoisotopic (exact) mass is 567 g/mol. The van der Waals surface area contributed by atoms with E-state index in [1.807, 2.05) is 37.3 Å². The Kier molecular flexibility index (Phi) is 11.0. The topological polar surface area (TPSA) is 105 Å². The van der Waals surface area contributed by atoms with Crippen molar-refractivity contribution in [2.75, 3.05) is 31.6 Å². The predicted octanol–water partition coefficient (Wildman–Crippen LogP) is 4.23. The normalized spacial score (nSPS) is 11.8. The number of carbonyl (C=O) groups is 2. The smallest absolute Gasteiger partial charge is 0.264 e. The van der Waals surface area contributed by atoms with Crippen molar-refractivity contribution in [1.29, 1.82) is 0 Å². The largest absolute Gasteiger partial charge is 0.493 e. The first-order valence-corrected chi connectivity index (χ1v) is 14.6. The minimum Gasteiger partial charge on any atom is -0.493 e. The number of amides is 2. The number of rotatable bonds is 14. The van der Waals surface area contributed by atoms with Crippen molar-refractivity contribution in [3.05, 3.63) is 84.4 Å². The molecule has 2 amide bonds. The highest BCUT2D eigenvalue weighted by atomic mass is 32.2. The number of unbranched alkanes of at least 4 members (excludes halogenated alkanes) is 1. The van der Waals surface area contributed by atoms with Crippen molar-refractivity contribution in [1.82, 2.24) is 10.2 Å². The fraction of sp³-hybridized carbons (Fsp3) is 0.333. The van der Waals surface area contributed by atoms with Gasteiger partial charge in [-0.3, -0.25) is 13.9 Å². The zero-order chi connectivity index (χ0) is 29.1. The summed E-state index contributed by atoms with van der Waals surface area (Å²) in [5.74, 6) is -0.201. The van der Waals surface area contributed by atoms with E-state index in [4.69, 9.17) is 9.47 Å². The molecule has 3 aromatic rings. The van der Waals surface area contributed by atoms with Crippen LogP contribution in [-0.4, -0.2) is 58.5 Å². The highest BCUT2D eigenvalue weighted by molar-refractivity contribution is 7.92. The van der Waals surface area contributed by atoms with E-state index in [1.54, 1.807) is 37.3 Å². The molecular formula is C30H37N3O6S. The zero-order valence-corrected chi connectivity index (χ0v) is 24.2. The first kappa shape index (κ1) is 30.5. The Morgan fingerprint density at radius 3 is 2.12 bits per heavy atom. The standard InChI is InChI=1S/C30H37N3O6S/c1-5-6-19-31-30(35)23(2)32(21-24-13-9-7-10-14-24)29(34)22-33(25-15-11-8-12-16-25)40(36,37)26-17-18-27(38-3)28(20-26)39-4/h7-18,20,23H,5-6,19,21-22H2,1-4H3,(H,31,35)/t23-/m0/s1. The maximum Gasteiger partial charge on any atom is 0.264 e. The van der Waals surface area contributed by atoms with Crippen LogP contribution in [0.3, 0.4) is 0 Å². The summed E-state index contributed by atoms with van der Waals surface area (Å²) in [6.45, 7) is 3.80. The van der Waals surface area contributed by atoms with Gasteiger partial charge in [-0.2, -0.15) is 0 Å². The van der Waals surface area contributed by atoms with Gasteiger partial charge in [0.2, 0.25) is 11.8 Å². The van der Waals surface area contributed by atoms with Crippen molar-refractivity contribution >= 4 is 27.5 Å². The molecule has 214 valence electrons. The van der Waals surface area contributed by atoms with Crippen LogP contribution in [0.15, 0.2) is 83.8 Å². The molecule has 0 saturated heterocycles. The molecule has 0 bridgehead atoms. The van der Waals surface area contributed by atoms with Gasteiger partial charge in [-0.05, 0) is 43.2 Å². The van der Waals surface area contributed by atoms with Gasteiger partial charge in [0.25, 0.3) is 10.0 Å². The molecule has 10 heteroatoms. The third kappa shape index (κ3) is 7.53. The van der Waals surface area contributed by atoms with E-state index in [2.05, 4.69) is 5.32 Å². The lowest BCUT2D eigenvalue weighted by atomic mass is 10.1. The molecule has 0 aliphatic rings. The van der Waals surface area contributed by atoms with E-state index in [1.165, 1.54) is 37.3 Å². The van der Waals surface area contributed by atoms with E-state index in [0.29, 0.717) is 18.0 Å². The second-order valence-electron chi connectivity index (χ2n) is 9.19. The predicted molar refractivity (Wildman–Crippen MR) is 155 cm³/mol. The first-order chi connectivity index (χ1) is 19.2. The molecule has 0 fully saturated rings. The average molecular weight is 568 g/mol. The number of anilines is 1. The Balaban J connectivity index is 2.00. The number of para-hydroxylation sites is 1. The third-order valence-corrected chi connectivity index (χ3v) is 8.23. The summed E-state index contributed by atoms with van der Waals surface area (Å²) in [5, 5.41) is 2.88. The Morgan fingerprint density at radius 1 is 0.900 bits per heavy atom. The lowest BCUT2D eigenvalue weighted by Gasteiger charge is -2.32. The molecule has 3 rings (SSSR count). The fourth-order valence-electron chi connectivity index (χ4n) is 4.13. The molecule has 0 aliphatic heterocycles. The van der Waals surface area contributed by atoms with Gasteiger partial charge in [0, 0.05) is 19.2 Å². The van der Waals surface area contributed by atoms with Crippen molar-refractivity contribution in [3.8, 4) is 11.5 Å². The van der Waals surface area contributed by atoms with Crippen LogP contribution >= 0.6 is 0 Å². The molecular weight excluding hydrogens is 530 g/mol. The van der Waals surface area contributed by atoms with Crippen LogP contribution in [0.4, 0.5) is 5.69 Å². The summed E-state index contributed by atoms with van der Waals surface area (Å²) >= 11 is 0. The molecule has 0 saturated carbocycles. The SMILES string of the molecule is CCCCNC(=O)[C@H](C)N(Cc1ccccc1)C(=O)CN(c1ccccc1)S(=O)(=O)c1ccc(OC)c(OC)c1. The van der Waals surface area contributed by atoms with Crippen LogP contribution in [0.2, 0.25) is 0 Å². The Hall–Kier alpha value is -4.05. The fourth-order valence-corrected chi connectivity index (χ4v) is 5.56. The van der Waals surface area contributed by atoms with Crippen LogP contribution < -0.4 is 19.1 Å². The lowest BCUT2D eigenvalue weighted by Crippen LogP contribution is -2.51. The Labute approximate surface area is 236 Å². The molecule has 3 aromatic carbocycles. The lowest BCUT2D eigenvalue weighted by molar-refractivity contribution is -0.139. The van der Waals surface area contributed by atoms with Crippen LogP contribution in [0.5, 0.6) is 11.5 Å². The van der Waals surface area contributed by atoms with E-state index < -0.39 is 28.5 Å². The van der Waals surface area contributed by atoms with Gasteiger partial charge in [0.05, 0.1) is 24.8 Å². The molecule has 0 aromatic heterocycles. The molecule has 0 unspecified atom stereocenters. The van der Waals surface area contributed by atoms with E-state index in [-0.39, 0.29) is 23.1 Å². The van der Waals surface area contributed by atoms with Crippen LogP contribution in [0.25, 0.3) is 0 Å². The number of hydrogen-bond acceptors (Lipinski definition) is 6.